The van der Waals surface area contributed by atoms with E-state index >= 15 is 0 Å². The number of carboxylic acid groups (broad SMARTS) is 2. The molecule has 0 spiro atoms. The van der Waals surface area contributed by atoms with Crippen LogP contribution < -0.4 is 5.11 Å². The van der Waals surface area contributed by atoms with Gasteiger partial charge in [0.1, 0.15) is 10.9 Å². The fraction of sp³-hybridized carbons (Fsp3) is 0. The highest BCUT2D eigenvalue weighted by atomic mass is 79.9. The minimum Gasteiger partial charge on any atom is -0.565 e. The molecule has 0 aliphatic heterocycles. The Morgan fingerprint density at radius 3 is 1.34 bits per heavy atom. The normalized spacial score (nSPS) is 10.4. The number of halogens is 6. The van der Waals surface area contributed by atoms with Gasteiger partial charge in [-0.3, -0.25) is 0 Å². The molecular formula is C19H10Br6O3S. The van der Waals surface area contributed by atoms with Crippen molar-refractivity contribution in [2.24, 2.45) is 0 Å². The average Bonchev–Trinajstić information content (AvgIpc) is 2.59. The second-order valence-electron chi connectivity index (χ2n) is 5.28. The highest BCUT2D eigenvalue weighted by molar-refractivity contribution is 9.12. The molecule has 1 N–H and O–H groups in total. The Bertz CT molecular complexity index is 922. The van der Waals surface area contributed by atoms with Crippen molar-refractivity contribution in [3.63, 3.8) is 0 Å². The number of hydrogen-bond acceptors (Lipinski definition) is 2. The lowest BCUT2D eigenvalue weighted by Crippen LogP contribution is -2.17. The summed E-state index contributed by atoms with van der Waals surface area (Å²) in [6.07, 6.45) is -2.08. The van der Waals surface area contributed by atoms with Crippen LogP contribution in [0.25, 0.3) is 0 Å². The van der Waals surface area contributed by atoms with Crippen molar-refractivity contribution in [1.82, 2.24) is 0 Å². The molecule has 0 radical (unpaired) electrons. The SMILES string of the molecule is Brc1cc(Br)c([S+](c2ccccc2)c2c(Br)cc(Br)cc2Br)c(Br)c1.O=C([O-])O. The summed E-state index contributed by atoms with van der Waals surface area (Å²) in [6, 6.07) is 18.9. The van der Waals surface area contributed by atoms with E-state index in [1.807, 2.05) is 6.07 Å². The topological polar surface area (TPSA) is 60.4 Å². The maximum atomic E-state index is 8.44. The monoisotopic (exact) mass is 792 g/mol. The molecule has 152 valence electrons. The molecular weight excluding hydrogens is 788 g/mol. The molecule has 3 aromatic carbocycles. The van der Waals surface area contributed by atoms with Gasteiger partial charge >= 0.3 is 0 Å². The Morgan fingerprint density at radius 2 is 1.03 bits per heavy atom. The second-order valence-corrected chi connectivity index (χ2v) is 12.4. The van der Waals surface area contributed by atoms with Crippen LogP contribution in [0.2, 0.25) is 0 Å². The van der Waals surface area contributed by atoms with Gasteiger partial charge in [-0.05, 0) is 100 Å². The number of carbonyl (C=O) groups is 1. The van der Waals surface area contributed by atoms with Crippen molar-refractivity contribution in [3.05, 3.63) is 81.4 Å². The molecule has 0 unspecified atom stereocenters. The maximum absolute atomic E-state index is 8.44. The van der Waals surface area contributed by atoms with Crippen LogP contribution in [0.15, 0.2) is 96.1 Å². The van der Waals surface area contributed by atoms with E-state index in [0.29, 0.717) is 0 Å². The van der Waals surface area contributed by atoms with Crippen LogP contribution in [0.1, 0.15) is 0 Å². The summed E-state index contributed by atoms with van der Waals surface area (Å²) >= 11 is 22.2. The highest BCUT2D eigenvalue weighted by Gasteiger charge is 2.37. The molecule has 0 fully saturated rings. The van der Waals surface area contributed by atoms with Gasteiger partial charge in [-0.1, -0.05) is 50.1 Å². The van der Waals surface area contributed by atoms with E-state index in [1.54, 1.807) is 0 Å². The van der Waals surface area contributed by atoms with Crippen molar-refractivity contribution >= 4 is 113 Å². The van der Waals surface area contributed by atoms with E-state index in [9.17, 15) is 0 Å². The second kappa shape index (κ2) is 11.7. The molecule has 10 heteroatoms. The maximum Gasteiger partial charge on any atom is 0.249 e. The summed E-state index contributed by atoms with van der Waals surface area (Å²) in [5.41, 5.74) is 0. The minimum absolute atomic E-state index is 0.307. The number of benzene rings is 3. The summed E-state index contributed by atoms with van der Waals surface area (Å²) in [6.45, 7) is 0. The van der Waals surface area contributed by atoms with Crippen LogP contribution >= 0.6 is 95.6 Å². The van der Waals surface area contributed by atoms with E-state index in [1.165, 1.54) is 14.7 Å². The van der Waals surface area contributed by atoms with Gasteiger partial charge in [0.05, 0.1) is 17.9 Å². The van der Waals surface area contributed by atoms with Gasteiger partial charge in [0.15, 0.2) is 14.7 Å². The Morgan fingerprint density at radius 1 is 0.724 bits per heavy atom. The van der Waals surface area contributed by atoms with Gasteiger partial charge in [-0.15, -0.1) is 0 Å². The Labute approximate surface area is 221 Å². The zero-order chi connectivity index (χ0) is 21.7. The Kier molecular flexibility index (Phi) is 10.2. The molecule has 29 heavy (non-hydrogen) atoms. The summed E-state index contributed by atoms with van der Waals surface area (Å²) in [7, 11) is -0.307. The fourth-order valence-electron chi connectivity index (χ4n) is 2.34. The van der Waals surface area contributed by atoms with E-state index in [4.69, 9.17) is 15.0 Å². The zero-order valence-electron chi connectivity index (χ0n) is 14.1. The van der Waals surface area contributed by atoms with Crippen LogP contribution in [0.5, 0.6) is 0 Å². The van der Waals surface area contributed by atoms with E-state index in [2.05, 4.69) is 144 Å². The fourth-order valence-corrected chi connectivity index (χ4v) is 10.9. The third kappa shape index (κ3) is 7.08. The molecule has 0 saturated heterocycles. The minimum atomic E-state index is -2.08. The summed E-state index contributed by atoms with van der Waals surface area (Å²) in [4.78, 5) is 12.1. The quantitative estimate of drug-likeness (QED) is 0.272. The first-order valence-corrected chi connectivity index (χ1v) is 13.6. The van der Waals surface area contributed by atoms with Crippen molar-refractivity contribution in [2.45, 2.75) is 14.7 Å². The summed E-state index contributed by atoms with van der Waals surface area (Å²) in [5.74, 6) is 0. The van der Waals surface area contributed by atoms with Gasteiger partial charge in [-0.25, -0.2) is 0 Å². The standard InChI is InChI=1S/C18H9Br6S.CH2O3/c19-10-6-13(21)17(14(22)7-10)25(12-4-2-1-3-5-12)18-15(23)8-11(20)9-16(18)24;2-1(3)4/h1-9H;(H2,2,3,4)/q+1;/p-1. The highest BCUT2D eigenvalue weighted by Crippen LogP contribution is 2.46. The van der Waals surface area contributed by atoms with Crippen LogP contribution in [0, 0.1) is 0 Å². The van der Waals surface area contributed by atoms with Crippen molar-refractivity contribution in [2.75, 3.05) is 0 Å². The van der Waals surface area contributed by atoms with E-state index in [0.717, 1.165) is 26.8 Å². The Balaban J connectivity index is 0.000000687. The largest absolute Gasteiger partial charge is 0.565 e. The molecule has 3 rings (SSSR count). The van der Waals surface area contributed by atoms with Crippen LogP contribution in [0.4, 0.5) is 4.79 Å². The van der Waals surface area contributed by atoms with Gasteiger partial charge in [0, 0.05) is 8.95 Å². The number of rotatable bonds is 3. The lowest BCUT2D eigenvalue weighted by molar-refractivity contribution is -0.275. The lowest BCUT2D eigenvalue weighted by Gasteiger charge is -2.14. The predicted octanol–water partition coefficient (Wildman–Crippen LogP) is 8.24. The molecule has 0 saturated carbocycles. The molecule has 0 bridgehead atoms. The molecule has 0 aromatic heterocycles. The van der Waals surface area contributed by atoms with Gasteiger partial charge < -0.3 is 15.0 Å². The molecule has 0 aliphatic rings. The van der Waals surface area contributed by atoms with E-state index < -0.39 is 6.16 Å². The third-order valence-corrected chi connectivity index (χ3v) is 10.2. The summed E-state index contributed by atoms with van der Waals surface area (Å²) < 4.78 is 6.29. The van der Waals surface area contributed by atoms with Crippen molar-refractivity contribution < 1.29 is 15.0 Å². The Hall–Kier alpha value is 0.160. The molecule has 0 amide bonds. The smallest absolute Gasteiger partial charge is 0.249 e. The lowest BCUT2D eigenvalue weighted by atomic mass is 10.3. The summed E-state index contributed by atoms with van der Waals surface area (Å²) in [5, 5.41) is 15.3. The van der Waals surface area contributed by atoms with E-state index in [-0.39, 0.29) is 10.9 Å². The van der Waals surface area contributed by atoms with Crippen LogP contribution in [-0.2, 0) is 10.9 Å². The van der Waals surface area contributed by atoms with Gasteiger partial charge in [0.25, 0.3) is 0 Å². The first-order valence-electron chi connectivity index (χ1n) is 7.60. The average molecular weight is 798 g/mol. The molecule has 0 aliphatic carbocycles. The van der Waals surface area contributed by atoms with Crippen LogP contribution in [0.3, 0.4) is 0 Å². The van der Waals surface area contributed by atoms with Gasteiger partial charge in [0.2, 0.25) is 6.16 Å². The first-order chi connectivity index (χ1) is 13.6. The molecule has 0 heterocycles. The molecule has 3 aromatic rings. The van der Waals surface area contributed by atoms with Crippen LogP contribution in [-0.4, -0.2) is 11.3 Å². The number of hydrogen-bond donors (Lipinski definition) is 1. The zero-order valence-corrected chi connectivity index (χ0v) is 24.5. The van der Waals surface area contributed by atoms with Gasteiger partial charge in [-0.2, -0.15) is 0 Å². The predicted molar refractivity (Wildman–Crippen MR) is 136 cm³/mol. The molecule has 0 atom stereocenters. The molecule has 3 nitrogen and oxygen atoms in total. The first kappa shape index (κ1) is 25.4. The van der Waals surface area contributed by atoms with Crippen molar-refractivity contribution in [3.8, 4) is 0 Å². The van der Waals surface area contributed by atoms with Crippen molar-refractivity contribution in [1.29, 1.82) is 0 Å². The third-order valence-electron chi connectivity index (χ3n) is 3.31.